The third kappa shape index (κ3) is 3.13. The highest BCUT2D eigenvalue weighted by Gasteiger charge is 2.16. The first kappa shape index (κ1) is 15.0. The van der Waals surface area contributed by atoms with Crippen LogP contribution in [0.5, 0.6) is 0 Å². The standard InChI is InChI=1S/C16H21N5S/c1-11-7-19-21(10-11)13(3)12(2)17-8-14-9-18-20-16(14)15-5-4-6-22-15/h4-7,9-10,12-13,17H,8H2,1-3H3,(H,18,20)/t12-,13+/m0/s1. The molecule has 0 saturated heterocycles. The topological polar surface area (TPSA) is 58.5 Å². The van der Waals surface area contributed by atoms with E-state index in [1.165, 1.54) is 16.0 Å². The summed E-state index contributed by atoms with van der Waals surface area (Å²) in [6, 6.07) is 4.78. The van der Waals surface area contributed by atoms with Crippen molar-refractivity contribution in [2.75, 3.05) is 0 Å². The first-order valence-corrected chi connectivity index (χ1v) is 8.33. The summed E-state index contributed by atoms with van der Waals surface area (Å²) in [7, 11) is 0. The maximum Gasteiger partial charge on any atom is 0.0794 e. The van der Waals surface area contributed by atoms with Crippen LogP contribution in [0.1, 0.15) is 31.0 Å². The molecule has 0 spiro atoms. The molecule has 3 rings (SSSR count). The summed E-state index contributed by atoms with van der Waals surface area (Å²) in [5.74, 6) is 0. The van der Waals surface area contributed by atoms with Gasteiger partial charge in [0, 0.05) is 24.3 Å². The van der Waals surface area contributed by atoms with Gasteiger partial charge in [-0.15, -0.1) is 11.3 Å². The van der Waals surface area contributed by atoms with Crippen LogP contribution >= 0.6 is 11.3 Å². The fourth-order valence-electron chi connectivity index (χ4n) is 2.41. The van der Waals surface area contributed by atoms with Crippen molar-refractivity contribution in [3.63, 3.8) is 0 Å². The quantitative estimate of drug-likeness (QED) is 0.733. The molecule has 0 aliphatic rings. The number of thiophene rings is 1. The van der Waals surface area contributed by atoms with E-state index < -0.39 is 0 Å². The second kappa shape index (κ2) is 6.46. The summed E-state index contributed by atoms with van der Waals surface area (Å²) in [5.41, 5.74) is 3.49. The number of aryl methyl sites for hydroxylation is 1. The summed E-state index contributed by atoms with van der Waals surface area (Å²) in [6.07, 6.45) is 5.88. The molecular formula is C16H21N5S. The molecule has 0 amide bonds. The maximum absolute atomic E-state index is 4.40. The molecule has 3 heterocycles. The minimum absolute atomic E-state index is 0.297. The van der Waals surface area contributed by atoms with Crippen LogP contribution in [0.2, 0.25) is 0 Å². The van der Waals surface area contributed by atoms with E-state index in [-0.39, 0.29) is 0 Å². The molecule has 3 aromatic heterocycles. The molecule has 0 radical (unpaired) electrons. The number of rotatable bonds is 6. The molecule has 2 atom stereocenters. The zero-order chi connectivity index (χ0) is 15.5. The van der Waals surface area contributed by atoms with Gasteiger partial charge < -0.3 is 5.32 Å². The van der Waals surface area contributed by atoms with Crippen molar-refractivity contribution in [2.24, 2.45) is 0 Å². The van der Waals surface area contributed by atoms with Crippen LogP contribution in [0.4, 0.5) is 0 Å². The Labute approximate surface area is 134 Å². The van der Waals surface area contributed by atoms with E-state index in [4.69, 9.17) is 0 Å². The van der Waals surface area contributed by atoms with Crippen molar-refractivity contribution in [1.82, 2.24) is 25.3 Å². The smallest absolute Gasteiger partial charge is 0.0794 e. The van der Waals surface area contributed by atoms with Crippen LogP contribution in [0.15, 0.2) is 36.1 Å². The second-order valence-corrected chi connectivity index (χ2v) is 6.60. The van der Waals surface area contributed by atoms with Crippen molar-refractivity contribution < 1.29 is 0 Å². The Bertz CT molecular complexity index is 713. The second-order valence-electron chi connectivity index (χ2n) is 5.66. The lowest BCUT2D eigenvalue weighted by Crippen LogP contribution is -2.33. The van der Waals surface area contributed by atoms with Crippen LogP contribution in [-0.4, -0.2) is 26.0 Å². The van der Waals surface area contributed by atoms with Crippen LogP contribution in [0.25, 0.3) is 10.6 Å². The molecule has 0 fully saturated rings. The van der Waals surface area contributed by atoms with Crippen molar-refractivity contribution in [3.8, 4) is 10.6 Å². The molecule has 0 aliphatic carbocycles. The van der Waals surface area contributed by atoms with Gasteiger partial charge in [-0.25, -0.2) is 0 Å². The van der Waals surface area contributed by atoms with Crippen molar-refractivity contribution in [1.29, 1.82) is 0 Å². The van der Waals surface area contributed by atoms with Crippen LogP contribution in [0.3, 0.4) is 0 Å². The summed E-state index contributed by atoms with van der Waals surface area (Å²) in [5, 5.41) is 17.3. The monoisotopic (exact) mass is 315 g/mol. The van der Waals surface area contributed by atoms with Gasteiger partial charge in [0.05, 0.1) is 29.0 Å². The third-order valence-electron chi connectivity index (χ3n) is 3.97. The van der Waals surface area contributed by atoms with Gasteiger partial charge in [-0.1, -0.05) is 6.07 Å². The maximum atomic E-state index is 4.40. The molecule has 0 bridgehead atoms. The summed E-state index contributed by atoms with van der Waals surface area (Å²) in [4.78, 5) is 1.22. The molecule has 0 unspecified atom stereocenters. The normalized spacial score (nSPS) is 14.1. The van der Waals surface area contributed by atoms with Gasteiger partial charge >= 0.3 is 0 Å². The Morgan fingerprint density at radius 2 is 2.23 bits per heavy atom. The highest BCUT2D eigenvalue weighted by molar-refractivity contribution is 7.13. The van der Waals surface area contributed by atoms with Crippen molar-refractivity contribution in [2.45, 2.75) is 39.4 Å². The highest BCUT2D eigenvalue weighted by atomic mass is 32.1. The minimum atomic E-state index is 0.297. The van der Waals surface area contributed by atoms with E-state index in [1.807, 2.05) is 17.1 Å². The molecule has 0 saturated carbocycles. The molecule has 2 N–H and O–H groups in total. The fraction of sp³-hybridized carbons (Fsp3) is 0.375. The van der Waals surface area contributed by atoms with Gasteiger partial charge in [-0.2, -0.15) is 10.2 Å². The molecule has 0 aromatic carbocycles. The molecule has 3 aromatic rings. The van der Waals surface area contributed by atoms with E-state index in [0.29, 0.717) is 12.1 Å². The van der Waals surface area contributed by atoms with Crippen LogP contribution in [0, 0.1) is 6.92 Å². The highest BCUT2D eigenvalue weighted by Crippen LogP contribution is 2.25. The molecule has 5 nitrogen and oxygen atoms in total. The van der Waals surface area contributed by atoms with E-state index in [9.17, 15) is 0 Å². The van der Waals surface area contributed by atoms with E-state index in [1.54, 1.807) is 11.3 Å². The van der Waals surface area contributed by atoms with Crippen molar-refractivity contribution >= 4 is 11.3 Å². The summed E-state index contributed by atoms with van der Waals surface area (Å²) < 4.78 is 2.02. The number of hydrogen-bond donors (Lipinski definition) is 2. The number of aromatic nitrogens is 4. The van der Waals surface area contributed by atoms with Gasteiger partial charge in [-0.3, -0.25) is 9.78 Å². The van der Waals surface area contributed by atoms with E-state index >= 15 is 0 Å². The van der Waals surface area contributed by atoms with Crippen molar-refractivity contribution in [3.05, 3.63) is 47.2 Å². The number of H-pyrrole nitrogens is 1. The van der Waals surface area contributed by atoms with Gasteiger partial charge in [0.2, 0.25) is 0 Å². The molecule has 0 aliphatic heterocycles. The SMILES string of the molecule is Cc1cnn([C@H](C)[C@H](C)NCc2cn[nH]c2-c2cccs2)c1. The Kier molecular flexibility index (Phi) is 4.40. The zero-order valence-electron chi connectivity index (χ0n) is 13.1. The average molecular weight is 315 g/mol. The Morgan fingerprint density at radius 3 is 2.91 bits per heavy atom. The summed E-state index contributed by atoms with van der Waals surface area (Å²) in [6.45, 7) is 7.22. The van der Waals surface area contributed by atoms with Gasteiger partial charge in [0.25, 0.3) is 0 Å². The minimum Gasteiger partial charge on any atom is -0.308 e. The lowest BCUT2D eigenvalue weighted by atomic mass is 10.1. The molecule has 6 heteroatoms. The number of nitrogens with zero attached hydrogens (tertiary/aromatic N) is 3. The largest absolute Gasteiger partial charge is 0.308 e. The third-order valence-corrected chi connectivity index (χ3v) is 4.86. The lowest BCUT2D eigenvalue weighted by Gasteiger charge is -2.21. The Morgan fingerprint density at radius 1 is 1.36 bits per heavy atom. The number of hydrogen-bond acceptors (Lipinski definition) is 4. The van der Waals surface area contributed by atoms with Gasteiger partial charge in [0.15, 0.2) is 0 Å². The Balaban J connectivity index is 1.64. The van der Waals surface area contributed by atoms with Gasteiger partial charge in [0.1, 0.15) is 0 Å². The van der Waals surface area contributed by atoms with Crippen LogP contribution in [-0.2, 0) is 6.54 Å². The predicted molar refractivity (Wildman–Crippen MR) is 89.9 cm³/mol. The molecule has 116 valence electrons. The lowest BCUT2D eigenvalue weighted by molar-refractivity contribution is 0.365. The molecule has 22 heavy (non-hydrogen) atoms. The average Bonchev–Trinajstić information content (AvgIpc) is 3.24. The number of nitrogens with one attached hydrogen (secondary N) is 2. The van der Waals surface area contributed by atoms with E-state index in [0.717, 1.165) is 12.2 Å². The van der Waals surface area contributed by atoms with Gasteiger partial charge in [-0.05, 0) is 37.8 Å². The van der Waals surface area contributed by atoms with E-state index in [2.05, 4.69) is 65.1 Å². The first-order valence-electron chi connectivity index (χ1n) is 7.45. The molecular weight excluding hydrogens is 294 g/mol. The van der Waals surface area contributed by atoms with Crippen LogP contribution < -0.4 is 5.32 Å². The predicted octanol–water partition coefficient (Wildman–Crippen LogP) is 3.38. The zero-order valence-corrected chi connectivity index (χ0v) is 13.9. The fourth-order valence-corrected chi connectivity index (χ4v) is 3.16. The first-order chi connectivity index (χ1) is 10.6. The summed E-state index contributed by atoms with van der Waals surface area (Å²) >= 11 is 1.72. The Hall–Kier alpha value is -1.92. The number of aromatic amines is 1.